The molecule has 168 valence electrons. The van der Waals surface area contributed by atoms with Gasteiger partial charge in [0.1, 0.15) is 11.9 Å². The zero-order valence-electron chi connectivity index (χ0n) is 19.8. The van der Waals surface area contributed by atoms with Gasteiger partial charge in [-0.25, -0.2) is 0 Å². The molecule has 0 spiro atoms. The number of aliphatic imine (C=N–C) groups is 1. The summed E-state index contributed by atoms with van der Waals surface area (Å²) in [7, 11) is 0. The summed E-state index contributed by atoms with van der Waals surface area (Å²) in [5, 5.41) is -0.525. The van der Waals surface area contributed by atoms with Gasteiger partial charge >= 0.3 is 5.37 Å². The molecule has 0 N–H and O–H groups in total. The molecule has 0 fully saturated rings. The van der Waals surface area contributed by atoms with Gasteiger partial charge in [-0.2, -0.15) is 0 Å². The molecule has 0 unspecified atom stereocenters. The fourth-order valence-electron chi connectivity index (χ4n) is 3.65. The number of nitrogens with zero attached hydrogens (tertiary/aromatic N) is 2. The molecule has 0 aromatic heterocycles. The molecule has 1 heterocycles. The molecule has 1 aliphatic heterocycles. The minimum Gasteiger partial charge on any atom is -0.273 e. The van der Waals surface area contributed by atoms with Crippen LogP contribution in [0.3, 0.4) is 0 Å². The number of carbonyl (C=O) groups excluding carboxylic acids is 1. The van der Waals surface area contributed by atoms with Crippen LogP contribution in [-0.4, -0.2) is 16.1 Å². The Bertz CT molecular complexity index is 1010. The van der Waals surface area contributed by atoms with Crippen molar-refractivity contribution in [1.29, 1.82) is 0 Å². The summed E-state index contributed by atoms with van der Waals surface area (Å²) < 4.78 is 0. The van der Waals surface area contributed by atoms with E-state index in [4.69, 9.17) is 16.6 Å². The minimum atomic E-state index is -0.525. The lowest BCUT2D eigenvalue weighted by Crippen LogP contribution is -2.34. The van der Waals surface area contributed by atoms with Gasteiger partial charge in [0.25, 0.3) is 0 Å². The van der Waals surface area contributed by atoms with E-state index in [0.29, 0.717) is 5.84 Å². The summed E-state index contributed by atoms with van der Waals surface area (Å²) in [5.74, 6) is 0.608. The second kappa shape index (κ2) is 12.2. The smallest absolute Gasteiger partial charge is 0.273 e. The number of halogens is 1. The zero-order chi connectivity index (χ0) is 23.7. The predicted molar refractivity (Wildman–Crippen MR) is 137 cm³/mol. The van der Waals surface area contributed by atoms with E-state index in [0.717, 1.165) is 16.7 Å². The number of rotatable bonds is 3. The van der Waals surface area contributed by atoms with Crippen molar-refractivity contribution in [1.82, 2.24) is 4.90 Å². The van der Waals surface area contributed by atoms with E-state index < -0.39 is 5.37 Å². The number of carbonyl (C=O) groups is 1. The molecule has 4 rings (SSSR count). The van der Waals surface area contributed by atoms with Crippen LogP contribution in [0.5, 0.6) is 0 Å². The van der Waals surface area contributed by atoms with E-state index in [2.05, 4.69) is 55.5 Å². The third-order valence-electron chi connectivity index (χ3n) is 5.13. The highest BCUT2D eigenvalue weighted by Crippen LogP contribution is 2.44. The van der Waals surface area contributed by atoms with E-state index in [1.807, 2.05) is 65.0 Å². The molecule has 1 amide bonds. The van der Waals surface area contributed by atoms with E-state index in [1.54, 1.807) is 4.90 Å². The molecule has 4 heteroatoms. The molecule has 1 aliphatic rings. The Kier molecular flexibility index (Phi) is 9.67. The van der Waals surface area contributed by atoms with Crippen LogP contribution in [0.1, 0.15) is 67.6 Å². The maximum atomic E-state index is 12.5. The Hall–Kier alpha value is -2.91. The zero-order valence-corrected chi connectivity index (χ0v) is 20.6. The molecule has 3 aromatic carbocycles. The Morgan fingerprint density at radius 3 is 1.69 bits per heavy atom. The fourth-order valence-corrected chi connectivity index (χ4v) is 3.83. The Morgan fingerprint density at radius 1 is 0.750 bits per heavy atom. The van der Waals surface area contributed by atoms with Gasteiger partial charge in [0.2, 0.25) is 0 Å². The van der Waals surface area contributed by atoms with Gasteiger partial charge in [-0.15, -0.1) is 0 Å². The maximum Gasteiger partial charge on any atom is 0.322 e. The van der Waals surface area contributed by atoms with Gasteiger partial charge in [-0.1, -0.05) is 118 Å². The molecule has 0 radical (unpaired) electrons. The molecule has 0 saturated heterocycles. The standard InChI is InChI=1S/C24H21ClN2O.2C2H6/c1-16-8-12-18(13-9-16)21-22(19-14-10-17(2)11-15-19)27(24(25)28)23(26-21)20-6-4-3-5-7-20;2*1-2/h3-15,21-22H,1-2H3;2*1-2H3/t21-,22+;;/m0../s1. The number of aryl methyl sites for hydroxylation is 2. The SMILES string of the molecule is CC.CC.Cc1ccc([C@@H]2[C@H](c3ccc(C)cc3)N=C(c3ccccc3)N2C(=O)Cl)cc1. The van der Waals surface area contributed by atoms with Crippen LogP contribution in [0.2, 0.25) is 0 Å². The number of benzene rings is 3. The number of amides is 1. The van der Waals surface area contributed by atoms with E-state index >= 15 is 0 Å². The summed E-state index contributed by atoms with van der Waals surface area (Å²) >= 11 is 6.09. The molecular weight excluding hydrogens is 416 g/mol. The molecular formula is C28H33ClN2O. The van der Waals surface area contributed by atoms with Crippen molar-refractivity contribution < 1.29 is 4.79 Å². The van der Waals surface area contributed by atoms with Gasteiger partial charge in [-0.3, -0.25) is 14.7 Å². The normalized spacial score (nSPS) is 16.8. The van der Waals surface area contributed by atoms with Crippen LogP contribution in [-0.2, 0) is 0 Å². The predicted octanol–water partition coefficient (Wildman–Crippen LogP) is 8.26. The summed E-state index contributed by atoms with van der Waals surface area (Å²) in [6, 6.07) is 25.7. The van der Waals surface area contributed by atoms with Gasteiger partial charge in [-0.05, 0) is 36.6 Å². The van der Waals surface area contributed by atoms with E-state index in [-0.39, 0.29) is 12.1 Å². The van der Waals surface area contributed by atoms with Crippen molar-refractivity contribution in [3.63, 3.8) is 0 Å². The highest BCUT2D eigenvalue weighted by molar-refractivity contribution is 6.64. The van der Waals surface area contributed by atoms with Crippen LogP contribution in [0, 0.1) is 13.8 Å². The highest BCUT2D eigenvalue weighted by atomic mass is 35.5. The lowest BCUT2D eigenvalue weighted by atomic mass is 9.93. The van der Waals surface area contributed by atoms with Crippen LogP contribution in [0.25, 0.3) is 0 Å². The molecule has 0 bridgehead atoms. The molecule has 32 heavy (non-hydrogen) atoms. The van der Waals surface area contributed by atoms with Crippen LogP contribution in [0.15, 0.2) is 83.9 Å². The average Bonchev–Trinajstić information content (AvgIpc) is 3.24. The third kappa shape index (κ3) is 5.66. The van der Waals surface area contributed by atoms with E-state index in [9.17, 15) is 4.79 Å². The molecule has 2 atom stereocenters. The molecule has 0 saturated carbocycles. The van der Waals surface area contributed by atoms with Crippen molar-refractivity contribution >= 4 is 22.8 Å². The Labute approximate surface area is 197 Å². The molecule has 3 aromatic rings. The van der Waals surface area contributed by atoms with Gasteiger partial charge in [0.15, 0.2) is 0 Å². The quantitative estimate of drug-likeness (QED) is 0.293. The van der Waals surface area contributed by atoms with Crippen molar-refractivity contribution in [2.24, 2.45) is 4.99 Å². The lowest BCUT2D eigenvalue weighted by Gasteiger charge is -2.27. The Balaban J connectivity index is 0.000000860. The first kappa shape index (κ1) is 25.4. The first-order chi connectivity index (χ1) is 15.5. The van der Waals surface area contributed by atoms with Gasteiger partial charge < -0.3 is 0 Å². The topological polar surface area (TPSA) is 32.7 Å². The second-order valence-corrected chi connectivity index (χ2v) is 7.48. The van der Waals surface area contributed by atoms with Gasteiger partial charge in [0, 0.05) is 5.56 Å². The maximum absolute atomic E-state index is 12.5. The van der Waals surface area contributed by atoms with Crippen LogP contribution < -0.4 is 0 Å². The fraction of sp³-hybridized carbons (Fsp3) is 0.286. The Morgan fingerprint density at radius 2 is 1.22 bits per heavy atom. The second-order valence-electron chi connectivity index (χ2n) is 7.15. The lowest BCUT2D eigenvalue weighted by molar-refractivity contribution is 0.231. The monoisotopic (exact) mass is 448 g/mol. The summed E-state index contributed by atoms with van der Waals surface area (Å²) in [5.41, 5.74) is 5.31. The van der Waals surface area contributed by atoms with E-state index in [1.165, 1.54) is 11.1 Å². The number of hydrogen-bond donors (Lipinski definition) is 0. The molecule has 0 aliphatic carbocycles. The largest absolute Gasteiger partial charge is 0.322 e. The van der Waals surface area contributed by atoms with Crippen molar-refractivity contribution in [3.8, 4) is 0 Å². The highest BCUT2D eigenvalue weighted by Gasteiger charge is 2.41. The summed E-state index contributed by atoms with van der Waals surface area (Å²) in [6.45, 7) is 12.1. The van der Waals surface area contributed by atoms with Crippen molar-refractivity contribution in [2.45, 2.75) is 53.6 Å². The molecule has 3 nitrogen and oxygen atoms in total. The van der Waals surface area contributed by atoms with Crippen molar-refractivity contribution in [2.75, 3.05) is 0 Å². The summed E-state index contributed by atoms with van der Waals surface area (Å²) in [4.78, 5) is 19.1. The first-order valence-electron chi connectivity index (χ1n) is 11.3. The van der Waals surface area contributed by atoms with Crippen molar-refractivity contribution in [3.05, 3.63) is 107 Å². The number of hydrogen-bond acceptors (Lipinski definition) is 2. The van der Waals surface area contributed by atoms with Crippen LogP contribution in [0.4, 0.5) is 4.79 Å². The third-order valence-corrected chi connectivity index (χ3v) is 5.31. The number of amidine groups is 1. The van der Waals surface area contributed by atoms with Gasteiger partial charge in [0.05, 0.1) is 6.04 Å². The van der Waals surface area contributed by atoms with Crippen LogP contribution >= 0.6 is 11.6 Å². The minimum absolute atomic E-state index is 0.221. The first-order valence-corrected chi connectivity index (χ1v) is 11.7. The average molecular weight is 449 g/mol. The summed E-state index contributed by atoms with van der Waals surface area (Å²) in [6.07, 6.45) is 0.